The number of nitro benzene ring substituents is 1. The molecule has 2 aromatic rings. The number of hydrogen-bond donors (Lipinski definition) is 2. The molecule has 154 valence electrons. The van der Waals surface area contributed by atoms with E-state index < -0.39 is 28.7 Å². The van der Waals surface area contributed by atoms with E-state index in [-0.39, 0.29) is 11.3 Å². The molecule has 1 atom stereocenters. The van der Waals surface area contributed by atoms with E-state index in [1.165, 1.54) is 50.4 Å². The van der Waals surface area contributed by atoms with Crippen LogP contribution in [0.15, 0.2) is 42.5 Å². The Morgan fingerprint density at radius 2 is 1.90 bits per heavy atom. The number of carbonyl (C=O) groups is 2. The summed E-state index contributed by atoms with van der Waals surface area (Å²) in [4.78, 5) is 35.1. The first kappa shape index (κ1) is 21.8. The van der Waals surface area contributed by atoms with E-state index in [4.69, 9.17) is 9.47 Å². The third-order valence-electron chi connectivity index (χ3n) is 3.82. The van der Waals surface area contributed by atoms with Crippen LogP contribution < -0.4 is 10.6 Å². The molecule has 9 nitrogen and oxygen atoms in total. The molecule has 0 aromatic heterocycles. The number of rotatable bonds is 9. The standard InChI is InChI=1S/C19H20FN3O6/c1-12(18(24)22-14-5-3-13(20)4-6-14)29-19(25)16-11-15(23(26)27)7-8-17(16)21-9-10-28-2/h3-8,11-12,21H,9-10H2,1-2H3,(H,22,24)/t12-/m1/s1. The molecule has 0 aliphatic carbocycles. The predicted molar refractivity (Wildman–Crippen MR) is 103 cm³/mol. The Hall–Kier alpha value is -3.53. The number of nitro groups is 1. The van der Waals surface area contributed by atoms with Crippen LogP contribution in [-0.4, -0.2) is 43.2 Å². The van der Waals surface area contributed by atoms with Crippen molar-refractivity contribution in [1.29, 1.82) is 0 Å². The molecule has 0 saturated carbocycles. The maximum absolute atomic E-state index is 12.9. The number of benzene rings is 2. The second-order valence-corrected chi connectivity index (χ2v) is 5.95. The van der Waals surface area contributed by atoms with E-state index in [9.17, 15) is 24.1 Å². The van der Waals surface area contributed by atoms with Crippen molar-refractivity contribution in [3.05, 3.63) is 64.0 Å². The minimum absolute atomic E-state index is 0.0864. The van der Waals surface area contributed by atoms with Crippen LogP contribution in [0.3, 0.4) is 0 Å². The van der Waals surface area contributed by atoms with Crippen molar-refractivity contribution in [2.24, 2.45) is 0 Å². The first-order valence-electron chi connectivity index (χ1n) is 8.60. The minimum Gasteiger partial charge on any atom is -0.449 e. The van der Waals surface area contributed by atoms with Gasteiger partial charge in [-0.25, -0.2) is 9.18 Å². The number of halogens is 1. The molecule has 0 unspecified atom stereocenters. The maximum Gasteiger partial charge on any atom is 0.341 e. The van der Waals surface area contributed by atoms with Crippen LogP contribution in [0.1, 0.15) is 17.3 Å². The van der Waals surface area contributed by atoms with Crippen molar-refractivity contribution in [3.63, 3.8) is 0 Å². The lowest BCUT2D eigenvalue weighted by Crippen LogP contribution is -2.30. The summed E-state index contributed by atoms with van der Waals surface area (Å²) in [7, 11) is 1.51. The van der Waals surface area contributed by atoms with Crippen LogP contribution in [0.25, 0.3) is 0 Å². The van der Waals surface area contributed by atoms with Gasteiger partial charge >= 0.3 is 5.97 Å². The Balaban J connectivity index is 2.12. The topological polar surface area (TPSA) is 120 Å². The van der Waals surface area contributed by atoms with Crippen molar-refractivity contribution in [1.82, 2.24) is 0 Å². The maximum atomic E-state index is 12.9. The monoisotopic (exact) mass is 405 g/mol. The van der Waals surface area contributed by atoms with Crippen molar-refractivity contribution in [2.45, 2.75) is 13.0 Å². The summed E-state index contributed by atoms with van der Waals surface area (Å²) < 4.78 is 23.0. The lowest BCUT2D eigenvalue weighted by molar-refractivity contribution is -0.384. The van der Waals surface area contributed by atoms with E-state index in [1.807, 2.05) is 0 Å². The lowest BCUT2D eigenvalue weighted by Gasteiger charge is -2.16. The average Bonchev–Trinajstić information content (AvgIpc) is 2.69. The fourth-order valence-corrected chi connectivity index (χ4v) is 2.31. The number of nitrogens with zero attached hydrogens (tertiary/aromatic N) is 1. The van der Waals surface area contributed by atoms with Crippen LogP contribution in [-0.2, 0) is 14.3 Å². The average molecular weight is 405 g/mol. The first-order chi connectivity index (χ1) is 13.8. The van der Waals surface area contributed by atoms with E-state index in [1.54, 1.807) is 0 Å². The summed E-state index contributed by atoms with van der Waals surface area (Å²) in [5.41, 5.74) is 0.259. The Morgan fingerprint density at radius 1 is 1.21 bits per heavy atom. The van der Waals surface area contributed by atoms with Crippen LogP contribution in [0, 0.1) is 15.9 Å². The fourth-order valence-electron chi connectivity index (χ4n) is 2.31. The van der Waals surface area contributed by atoms with Crippen molar-refractivity contribution < 1.29 is 28.4 Å². The largest absolute Gasteiger partial charge is 0.449 e. The van der Waals surface area contributed by atoms with Gasteiger partial charge in [0.15, 0.2) is 6.10 Å². The minimum atomic E-state index is -1.20. The first-order valence-corrected chi connectivity index (χ1v) is 8.60. The van der Waals surface area contributed by atoms with Gasteiger partial charge in [0.25, 0.3) is 11.6 Å². The molecule has 0 fully saturated rings. The second kappa shape index (κ2) is 10.1. The molecule has 0 aliphatic rings. The number of hydrogen-bond acceptors (Lipinski definition) is 7. The highest BCUT2D eigenvalue weighted by Gasteiger charge is 2.23. The zero-order chi connectivity index (χ0) is 21.4. The third-order valence-corrected chi connectivity index (χ3v) is 3.82. The molecule has 2 N–H and O–H groups in total. The Morgan fingerprint density at radius 3 is 2.52 bits per heavy atom. The van der Waals surface area contributed by atoms with Gasteiger partial charge in [-0.1, -0.05) is 0 Å². The summed E-state index contributed by atoms with van der Waals surface area (Å²) in [5.74, 6) is -2.00. The van der Waals surface area contributed by atoms with Crippen molar-refractivity contribution in [2.75, 3.05) is 30.9 Å². The fraction of sp³-hybridized carbons (Fsp3) is 0.263. The molecule has 10 heteroatoms. The molecule has 0 aliphatic heterocycles. The highest BCUT2D eigenvalue weighted by molar-refractivity contribution is 6.00. The van der Waals surface area contributed by atoms with E-state index in [2.05, 4.69) is 10.6 Å². The Kier molecular flexibility index (Phi) is 7.61. The van der Waals surface area contributed by atoms with Crippen LogP contribution in [0.5, 0.6) is 0 Å². The highest BCUT2D eigenvalue weighted by Crippen LogP contribution is 2.23. The van der Waals surface area contributed by atoms with Gasteiger partial charge in [0.2, 0.25) is 0 Å². The van der Waals surface area contributed by atoms with Crippen molar-refractivity contribution in [3.8, 4) is 0 Å². The SMILES string of the molecule is COCCNc1ccc([N+](=O)[O-])cc1C(=O)O[C@H](C)C(=O)Nc1ccc(F)cc1. The summed E-state index contributed by atoms with van der Waals surface area (Å²) >= 11 is 0. The van der Waals surface area contributed by atoms with E-state index >= 15 is 0 Å². The van der Waals surface area contributed by atoms with Crippen LogP contribution >= 0.6 is 0 Å². The number of amides is 1. The Bertz CT molecular complexity index is 888. The van der Waals surface area contributed by atoms with Crippen molar-refractivity contribution >= 4 is 28.9 Å². The number of methoxy groups -OCH3 is 1. The molecule has 2 aromatic carbocycles. The number of anilines is 2. The van der Waals surface area contributed by atoms with Gasteiger partial charge in [0, 0.05) is 37.2 Å². The van der Waals surface area contributed by atoms with Gasteiger partial charge in [-0.2, -0.15) is 0 Å². The smallest absolute Gasteiger partial charge is 0.341 e. The highest BCUT2D eigenvalue weighted by atomic mass is 19.1. The number of non-ortho nitro benzene ring substituents is 1. The number of esters is 1. The molecule has 0 saturated heterocycles. The van der Waals surface area contributed by atoms with Crippen LogP contribution in [0.4, 0.5) is 21.5 Å². The molecular formula is C19H20FN3O6. The molecule has 0 radical (unpaired) electrons. The summed E-state index contributed by atoms with van der Waals surface area (Å²) in [6, 6.07) is 8.77. The van der Waals surface area contributed by atoms with Gasteiger partial charge in [-0.3, -0.25) is 14.9 Å². The Labute approximate surface area is 166 Å². The third kappa shape index (κ3) is 6.25. The quantitative estimate of drug-likeness (QED) is 0.285. The molecule has 1 amide bonds. The molecule has 0 heterocycles. The van der Waals surface area contributed by atoms with Crippen LogP contribution in [0.2, 0.25) is 0 Å². The zero-order valence-corrected chi connectivity index (χ0v) is 15.8. The molecule has 29 heavy (non-hydrogen) atoms. The van der Waals surface area contributed by atoms with Gasteiger partial charge in [0.1, 0.15) is 5.82 Å². The summed E-state index contributed by atoms with van der Waals surface area (Å²) in [6.07, 6.45) is -1.20. The molecular weight excluding hydrogens is 385 g/mol. The number of carbonyl (C=O) groups excluding carboxylic acids is 2. The van der Waals surface area contributed by atoms with Gasteiger partial charge in [-0.15, -0.1) is 0 Å². The number of nitrogens with one attached hydrogen (secondary N) is 2. The van der Waals surface area contributed by atoms with E-state index in [0.717, 1.165) is 6.07 Å². The number of ether oxygens (including phenoxy) is 2. The van der Waals surface area contributed by atoms with Gasteiger partial charge in [0.05, 0.1) is 17.1 Å². The molecule has 0 spiro atoms. The van der Waals surface area contributed by atoms with E-state index in [0.29, 0.717) is 24.5 Å². The molecule has 0 bridgehead atoms. The second-order valence-electron chi connectivity index (χ2n) is 5.95. The van der Waals surface area contributed by atoms with Gasteiger partial charge in [-0.05, 0) is 37.3 Å². The lowest BCUT2D eigenvalue weighted by atomic mass is 10.1. The molecule has 2 rings (SSSR count). The normalized spacial score (nSPS) is 11.4. The summed E-state index contributed by atoms with van der Waals surface area (Å²) in [5, 5.41) is 16.4. The van der Waals surface area contributed by atoms with Gasteiger partial charge < -0.3 is 20.1 Å². The summed E-state index contributed by atoms with van der Waals surface area (Å²) in [6.45, 7) is 2.06. The zero-order valence-electron chi connectivity index (χ0n) is 15.8. The predicted octanol–water partition coefficient (Wildman–Crippen LogP) is 2.98.